The van der Waals surface area contributed by atoms with E-state index in [4.69, 9.17) is 4.74 Å². The maximum atomic E-state index is 12.6. The van der Waals surface area contributed by atoms with E-state index in [0.29, 0.717) is 21.5 Å². The summed E-state index contributed by atoms with van der Waals surface area (Å²) in [6.07, 6.45) is 0. The first-order chi connectivity index (χ1) is 11.0. The highest BCUT2D eigenvalue weighted by Crippen LogP contribution is 2.19. The topological polar surface area (TPSA) is 81.2 Å². The molecule has 0 aliphatic rings. The summed E-state index contributed by atoms with van der Waals surface area (Å²) in [6, 6.07) is 6.17. The molecule has 7 heteroatoms. The number of aromatic amines is 1. The van der Waals surface area contributed by atoms with Gasteiger partial charge in [-0.15, -0.1) is 11.3 Å². The van der Waals surface area contributed by atoms with E-state index in [-0.39, 0.29) is 12.2 Å². The van der Waals surface area contributed by atoms with Crippen LogP contribution in [0.25, 0.3) is 15.9 Å². The number of ether oxygens (including phenoxy) is 1. The minimum atomic E-state index is -0.506. The second kappa shape index (κ2) is 5.85. The van der Waals surface area contributed by atoms with Crippen molar-refractivity contribution < 1.29 is 9.53 Å². The third-order valence-corrected chi connectivity index (χ3v) is 4.47. The van der Waals surface area contributed by atoms with Gasteiger partial charge in [0.2, 0.25) is 0 Å². The zero-order valence-corrected chi connectivity index (χ0v) is 13.4. The highest BCUT2D eigenvalue weighted by molar-refractivity contribution is 7.16. The first kappa shape index (κ1) is 15.2. The Morgan fingerprint density at radius 2 is 1.96 bits per heavy atom. The highest BCUT2D eigenvalue weighted by Gasteiger charge is 2.13. The fourth-order valence-corrected chi connectivity index (χ4v) is 3.28. The van der Waals surface area contributed by atoms with Gasteiger partial charge in [0.15, 0.2) is 0 Å². The molecule has 2 heterocycles. The molecule has 0 saturated heterocycles. The van der Waals surface area contributed by atoms with Gasteiger partial charge in [-0.05, 0) is 49.1 Å². The maximum Gasteiger partial charge on any atom is 0.338 e. The minimum Gasteiger partial charge on any atom is -0.462 e. The lowest BCUT2D eigenvalue weighted by Gasteiger charge is -2.06. The van der Waals surface area contributed by atoms with E-state index in [9.17, 15) is 14.4 Å². The molecule has 0 fully saturated rings. The number of nitrogens with one attached hydrogen (secondary N) is 1. The molecule has 118 valence electrons. The molecule has 0 radical (unpaired) electrons. The van der Waals surface area contributed by atoms with Gasteiger partial charge in [-0.1, -0.05) is 0 Å². The lowest BCUT2D eigenvalue weighted by molar-refractivity contribution is 0.0526. The second-order valence-corrected chi connectivity index (χ2v) is 5.84. The molecule has 0 amide bonds. The van der Waals surface area contributed by atoms with Gasteiger partial charge in [-0.3, -0.25) is 9.78 Å². The fraction of sp³-hybridized carbons (Fsp3) is 0.188. The molecular formula is C16H14N2O4S. The van der Waals surface area contributed by atoms with Crippen molar-refractivity contribution in [1.82, 2.24) is 9.55 Å². The zero-order valence-electron chi connectivity index (χ0n) is 12.6. The third kappa shape index (κ3) is 2.59. The van der Waals surface area contributed by atoms with Gasteiger partial charge < -0.3 is 4.74 Å². The van der Waals surface area contributed by atoms with E-state index in [1.54, 1.807) is 19.1 Å². The molecule has 1 aromatic carbocycles. The Kier molecular flexibility index (Phi) is 3.87. The first-order valence-corrected chi connectivity index (χ1v) is 7.91. The number of H-pyrrole nitrogens is 1. The monoisotopic (exact) mass is 330 g/mol. The van der Waals surface area contributed by atoms with Gasteiger partial charge in [0.25, 0.3) is 5.56 Å². The Morgan fingerprint density at radius 3 is 2.61 bits per heavy atom. The average molecular weight is 330 g/mol. The number of carbonyl (C=O) groups excluding carboxylic acids is 1. The van der Waals surface area contributed by atoms with Gasteiger partial charge in [0.1, 0.15) is 4.83 Å². The van der Waals surface area contributed by atoms with Crippen LogP contribution in [0.3, 0.4) is 0 Å². The largest absolute Gasteiger partial charge is 0.462 e. The molecule has 3 aromatic rings. The third-order valence-electron chi connectivity index (χ3n) is 3.45. The van der Waals surface area contributed by atoms with Gasteiger partial charge in [-0.25, -0.2) is 14.2 Å². The van der Waals surface area contributed by atoms with Crippen LogP contribution in [0.2, 0.25) is 0 Å². The lowest BCUT2D eigenvalue weighted by Crippen LogP contribution is -2.33. The van der Waals surface area contributed by atoms with E-state index in [2.05, 4.69) is 4.98 Å². The number of thiophene rings is 1. The second-order valence-electron chi connectivity index (χ2n) is 4.96. The number of rotatable bonds is 3. The summed E-state index contributed by atoms with van der Waals surface area (Å²) in [5, 5.41) is 2.33. The Hall–Kier alpha value is -2.67. The standard InChI is InChI=1S/C16H14N2O4S/c1-3-22-15(20)10-4-6-11(7-5-10)18-14(19)12-9(2)8-23-13(12)17-16(18)21/h4-8H,3H2,1-2H3,(H,17,21). The molecule has 0 saturated carbocycles. The minimum absolute atomic E-state index is 0.286. The SMILES string of the molecule is CCOC(=O)c1ccc(-n2c(=O)[nH]c3scc(C)c3c2=O)cc1. The molecule has 0 spiro atoms. The number of benzene rings is 1. The van der Waals surface area contributed by atoms with Crippen molar-refractivity contribution in [2.75, 3.05) is 6.61 Å². The summed E-state index contributed by atoms with van der Waals surface area (Å²) >= 11 is 1.33. The Labute approximate surface area is 135 Å². The summed E-state index contributed by atoms with van der Waals surface area (Å²) < 4.78 is 5.98. The number of carbonyl (C=O) groups is 1. The molecule has 0 aliphatic carbocycles. The molecular weight excluding hydrogens is 316 g/mol. The number of aryl methyl sites for hydroxylation is 1. The summed E-state index contributed by atoms with van der Waals surface area (Å²) in [4.78, 5) is 39.7. The van der Waals surface area contributed by atoms with Crippen molar-refractivity contribution in [1.29, 1.82) is 0 Å². The maximum absolute atomic E-state index is 12.6. The fourth-order valence-electron chi connectivity index (χ4n) is 2.35. The summed E-state index contributed by atoms with van der Waals surface area (Å²) in [6.45, 7) is 3.84. The van der Waals surface area contributed by atoms with Crippen molar-refractivity contribution in [3.63, 3.8) is 0 Å². The first-order valence-electron chi connectivity index (χ1n) is 7.03. The molecule has 2 aromatic heterocycles. The van der Waals surface area contributed by atoms with Crippen LogP contribution in [0.4, 0.5) is 0 Å². The molecule has 0 aliphatic heterocycles. The van der Waals surface area contributed by atoms with Crippen LogP contribution in [-0.4, -0.2) is 22.1 Å². The van der Waals surface area contributed by atoms with Crippen molar-refractivity contribution in [2.45, 2.75) is 13.8 Å². The number of hydrogen-bond donors (Lipinski definition) is 1. The van der Waals surface area contributed by atoms with E-state index in [0.717, 1.165) is 10.1 Å². The van der Waals surface area contributed by atoms with Crippen molar-refractivity contribution in [3.05, 3.63) is 61.6 Å². The summed E-state index contributed by atoms with van der Waals surface area (Å²) in [5.74, 6) is -0.440. The zero-order chi connectivity index (χ0) is 16.6. The van der Waals surface area contributed by atoms with Gasteiger partial charge >= 0.3 is 11.7 Å². The number of esters is 1. The van der Waals surface area contributed by atoms with Crippen molar-refractivity contribution >= 4 is 27.5 Å². The normalized spacial score (nSPS) is 10.9. The Balaban J connectivity index is 2.14. The van der Waals surface area contributed by atoms with Crippen LogP contribution in [0.1, 0.15) is 22.8 Å². The van der Waals surface area contributed by atoms with E-state index >= 15 is 0 Å². The highest BCUT2D eigenvalue weighted by atomic mass is 32.1. The van der Waals surface area contributed by atoms with Crippen LogP contribution in [0, 0.1) is 6.92 Å². The molecule has 0 bridgehead atoms. The number of nitrogens with zero attached hydrogens (tertiary/aromatic N) is 1. The van der Waals surface area contributed by atoms with Crippen LogP contribution in [0.5, 0.6) is 0 Å². The smallest absolute Gasteiger partial charge is 0.338 e. The molecule has 3 rings (SSSR count). The van der Waals surface area contributed by atoms with Crippen molar-refractivity contribution in [3.8, 4) is 5.69 Å². The van der Waals surface area contributed by atoms with Gasteiger partial charge in [0, 0.05) is 0 Å². The van der Waals surface area contributed by atoms with Gasteiger partial charge in [0.05, 0.1) is 23.2 Å². The average Bonchev–Trinajstić information content (AvgIpc) is 2.89. The van der Waals surface area contributed by atoms with Crippen LogP contribution in [0.15, 0.2) is 39.2 Å². The predicted octanol–water partition coefficient (Wildman–Crippen LogP) is 2.23. The molecule has 6 nitrogen and oxygen atoms in total. The lowest BCUT2D eigenvalue weighted by atomic mass is 10.2. The number of fused-ring (bicyclic) bond motifs is 1. The molecule has 0 atom stereocenters. The Bertz CT molecular complexity index is 996. The molecule has 0 unspecified atom stereocenters. The van der Waals surface area contributed by atoms with E-state index in [1.165, 1.54) is 23.5 Å². The summed E-state index contributed by atoms with van der Waals surface area (Å²) in [5.41, 5.74) is 0.715. The van der Waals surface area contributed by atoms with E-state index < -0.39 is 11.7 Å². The van der Waals surface area contributed by atoms with Crippen LogP contribution in [-0.2, 0) is 4.74 Å². The summed E-state index contributed by atoms with van der Waals surface area (Å²) in [7, 11) is 0. The van der Waals surface area contributed by atoms with Crippen LogP contribution < -0.4 is 11.2 Å². The molecule has 1 N–H and O–H groups in total. The number of hydrogen-bond acceptors (Lipinski definition) is 5. The Morgan fingerprint density at radius 1 is 1.26 bits per heavy atom. The van der Waals surface area contributed by atoms with E-state index in [1.807, 2.05) is 12.3 Å². The van der Waals surface area contributed by atoms with Crippen LogP contribution >= 0.6 is 11.3 Å². The van der Waals surface area contributed by atoms with Crippen molar-refractivity contribution in [2.24, 2.45) is 0 Å². The predicted molar refractivity (Wildman–Crippen MR) is 88.7 cm³/mol. The van der Waals surface area contributed by atoms with Gasteiger partial charge in [-0.2, -0.15) is 0 Å². The quantitative estimate of drug-likeness (QED) is 0.747. The number of aromatic nitrogens is 2. The molecule has 23 heavy (non-hydrogen) atoms.